The molecule has 0 atom stereocenters. The molecule has 0 unspecified atom stereocenters. The Labute approximate surface area is 90.5 Å². The van der Waals surface area contributed by atoms with Crippen molar-refractivity contribution in [3.05, 3.63) is 33.3 Å². The molecule has 0 spiro atoms. The lowest BCUT2D eigenvalue weighted by Crippen LogP contribution is -1.93. The second-order valence-electron chi connectivity index (χ2n) is 3.05. The average molecular weight is 284 g/mol. The third-order valence-electron chi connectivity index (χ3n) is 2.29. The Bertz CT molecular complexity index is 466. The van der Waals surface area contributed by atoms with E-state index in [-0.39, 0.29) is 0 Å². The fourth-order valence-electron chi connectivity index (χ4n) is 1.34. The Morgan fingerprint density at radius 2 is 2.00 bits per heavy atom. The van der Waals surface area contributed by atoms with Crippen molar-refractivity contribution in [3.8, 4) is 0 Å². The first-order chi connectivity index (χ1) is 6.20. The van der Waals surface area contributed by atoms with Gasteiger partial charge in [-0.25, -0.2) is 4.98 Å². The Hall–Kier alpha value is -0.710. The molecule has 2 nitrogen and oxygen atoms in total. The van der Waals surface area contributed by atoms with E-state index in [2.05, 4.69) is 46.4 Å². The molecule has 0 radical (unpaired) electrons. The fourth-order valence-corrected chi connectivity index (χ4v) is 2.00. The Balaban J connectivity index is 2.94. The Morgan fingerprint density at radius 3 is 2.77 bits per heavy atom. The van der Waals surface area contributed by atoms with Gasteiger partial charge in [0.25, 0.3) is 0 Å². The predicted molar refractivity (Wildman–Crippen MR) is 61.7 cm³/mol. The summed E-state index contributed by atoms with van der Waals surface area (Å²) in [5, 5.41) is 1.20. The first-order valence-corrected chi connectivity index (χ1v) is 5.14. The van der Waals surface area contributed by atoms with Gasteiger partial charge in [0.15, 0.2) is 0 Å². The summed E-state index contributed by atoms with van der Waals surface area (Å²) in [7, 11) is 0. The largest absolute Gasteiger partial charge is 0.262 e. The summed E-state index contributed by atoms with van der Waals surface area (Å²) in [4.78, 5) is 8.52. The van der Waals surface area contributed by atoms with Crippen LogP contribution in [0.15, 0.2) is 18.5 Å². The molecule has 0 N–H and O–H groups in total. The van der Waals surface area contributed by atoms with Gasteiger partial charge in [0.05, 0.1) is 11.7 Å². The van der Waals surface area contributed by atoms with Gasteiger partial charge in [0, 0.05) is 11.6 Å². The monoisotopic (exact) mass is 284 g/mol. The molecule has 3 heteroatoms. The highest BCUT2D eigenvalue weighted by atomic mass is 127. The van der Waals surface area contributed by atoms with Crippen molar-refractivity contribution in [2.24, 2.45) is 0 Å². The number of fused-ring (bicyclic) bond motifs is 1. The molecule has 0 saturated heterocycles. The summed E-state index contributed by atoms with van der Waals surface area (Å²) in [5.41, 5.74) is 3.55. The topological polar surface area (TPSA) is 25.8 Å². The van der Waals surface area contributed by atoms with Crippen molar-refractivity contribution in [1.82, 2.24) is 9.97 Å². The van der Waals surface area contributed by atoms with Crippen molar-refractivity contribution < 1.29 is 0 Å². The number of aromatic nitrogens is 2. The van der Waals surface area contributed by atoms with Gasteiger partial charge in [-0.3, -0.25) is 4.98 Å². The second-order valence-corrected chi connectivity index (χ2v) is 4.07. The van der Waals surface area contributed by atoms with E-state index in [1.807, 2.05) is 18.5 Å². The maximum absolute atomic E-state index is 4.46. The van der Waals surface area contributed by atoms with Crippen LogP contribution in [-0.2, 0) is 0 Å². The van der Waals surface area contributed by atoms with Gasteiger partial charge in [-0.2, -0.15) is 0 Å². The predicted octanol–water partition coefficient (Wildman–Crippen LogP) is 2.85. The lowest BCUT2D eigenvalue weighted by Gasteiger charge is -2.06. The molecule has 0 fully saturated rings. The van der Waals surface area contributed by atoms with E-state index in [4.69, 9.17) is 0 Å². The standard InChI is InChI=1S/C10H9IN2/c1-6-7(2)10(11)13-9-5-12-4-3-8(6)9/h3-5H,1-2H3. The van der Waals surface area contributed by atoms with E-state index < -0.39 is 0 Å². The quantitative estimate of drug-likeness (QED) is 0.549. The molecule has 2 rings (SSSR count). The summed E-state index contributed by atoms with van der Waals surface area (Å²) >= 11 is 2.26. The van der Waals surface area contributed by atoms with Crippen LogP contribution in [0.5, 0.6) is 0 Å². The molecule has 2 aromatic heterocycles. The van der Waals surface area contributed by atoms with Crippen LogP contribution < -0.4 is 0 Å². The van der Waals surface area contributed by atoms with Crippen LogP contribution in [0.1, 0.15) is 11.1 Å². The molecule has 0 aliphatic rings. The molecule has 2 aromatic rings. The third kappa shape index (κ3) is 1.41. The van der Waals surface area contributed by atoms with Crippen LogP contribution in [-0.4, -0.2) is 9.97 Å². The molecule has 0 bridgehead atoms. The van der Waals surface area contributed by atoms with Crippen LogP contribution >= 0.6 is 22.6 Å². The minimum atomic E-state index is 0.981. The number of hydrogen-bond acceptors (Lipinski definition) is 2. The number of pyridine rings is 2. The molecule has 0 aromatic carbocycles. The fraction of sp³-hybridized carbons (Fsp3) is 0.200. The van der Waals surface area contributed by atoms with Gasteiger partial charge in [-0.05, 0) is 53.6 Å². The third-order valence-corrected chi connectivity index (χ3v) is 3.34. The number of nitrogens with zero attached hydrogens (tertiary/aromatic N) is 2. The summed E-state index contributed by atoms with van der Waals surface area (Å²) in [6.07, 6.45) is 3.62. The lowest BCUT2D eigenvalue weighted by molar-refractivity contribution is 1.21. The highest BCUT2D eigenvalue weighted by molar-refractivity contribution is 14.1. The van der Waals surface area contributed by atoms with Crippen LogP contribution in [0.4, 0.5) is 0 Å². The Morgan fingerprint density at radius 1 is 1.23 bits per heavy atom. The zero-order chi connectivity index (χ0) is 9.42. The van der Waals surface area contributed by atoms with Crippen LogP contribution in [0, 0.1) is 17.5 Å². The molecular formula is C10H9IN2. The van der Waals surface area contributed by atoms with Gasteiger partial charge < -0.3 is 0 Å². The molecule has 0 aliphatic heterocycles. The number of aryl methyl sites for hydroxylation is 1. The number of halogens is 1. The van der Waals surface area contributed by atoms with E-state index in [0.717, 1.165) is 9.22 Å². The Kier molecular flexibility index (Phi) is 2.19. The van der Waals surface area contributed by atoms with Crippen LogP contribution in [0.2, 0.25) is 0 Å². The smallest absolute Gasteiger partial charge is 0.105 e. The molecule has 0 aliphatic carbocycles. The maximum Gasteiger partial charge on any atom is 0.105 e. The van der Waals surface area contributed by atoms with Gasteiger partial charge in [-0.15, -0.1) is 0 Å². The number of hydrogen-bond donors (Lipinski definition) is 0. The van der Waals surface area contributed by atoms with Gasteiger partial charge in [0.1, 0.15) is 3.70 Å². The van der Waals surface area contributed by atoms with Crippen LogP contribution in [0.3, 0.4) is 0 Å². The maximum atomic E-state index is 4.46. The van der Waals surface area contributed by atoms with Gasteiger partial charge in [-0.1, -0.05) is 0 Å². The molecule has 0 saturated carbocycles. The van der Waals surface area contributed by atoms with Crippen LogP contribution in [0.25, 0.3) is 10.9 Å². The van der Waals surface area contributed by atoms with Gasteiger partial charge >= 0.3 is 0 Å². The molecule has 2 heterocycles. The van der Waals surface area contributed by atoms with Crippen molar-refractivity contribution in [3.63, 3.8) is 0 Å². The minimum absolute atomic E-state index is 0.981. The summed E-state index contributed by atoms with van der Waals surface area (Å²) in [6.45, 7) is 4.23. The van der Waals surface area contributed by atoms with Gasteiger partial charge in [0.2, 0.25) is 0 Å². The van der Waals surface area contributed by atoms with E-state index in [1.54, 1.807) is 0 Å². The SMILES string of the molecule is Cc1c(I)nc2cnccc2c1C. The average Bonchev–Trinajstić information content (AvgIpc) is 2.15. The zero-order valence-corrected chi connectivity index (χ0v) is 9.66. The summed E-state index contributed by atoms with van der Waals surface area (Å²) < 4.78 is 1.07. The normalized spacial score (nSPS) is 10.7. The van der Waals surface area contributed by atoms with E-state index in [9.17, 15) is 0 Å². The van der Waals surface area contributed by atoms with Crippen molar-refractivity contribution in [2.75, 3.05) is 0 Å². The molecular weight excluding hydrogens is 275 g/mol. The zero-order valence-electron chi connectivity index (χ0n) is 7.50. The highest BCUT2D eigenvalue weighted by Gasteiger charge is 2.05. The molecule has 0 amide bonds. The van der Waals surface area contributed by atoms with Crippen molar-refractivity contribution >= 4 is 33.5 Å². The molecule has 66 valence electrons. The first-order valence-electron chi connectivity index (χ1n) is 4.06. The van der Waals surface area contributed by atoms with Crippen molar-refractivity contribution in [2.45, 2.75) is 13.8 Å². The highest BCUT2D eigenvalue weighted by Crippen LogP contribution is 2.21. The summed E-state index contributed by atoms with van der Waals surface area (Å²) in [5.74, 6) is 0. The lowest BCUT2D eigenvalue weighted by atomic mass is 10.1. The first kappa shape index (κ1) is 8.87. The summed E-state index contributed by atoms with van der Waals surface area (Å²) in [6, 6.07) is 2.01. The minimum Gasteiger partial charge on any atom is -0.262 e. The van der Waals surface area contributed by atoms with E-state index in [1.165, 1.54) is 16.5 Å². The molecule has 13 heavy (non-hydrogen) atoms. The van der Waals surface area contributed by atoms with E-state index in [0.29, 0.717) is 0 Å². The van der Waals surface area contributed by atoms with E-state index >= 15 is 0 Å². The number of rotatable bonds is 0. The van der Waals surface area contributed by atoms with Crippen molar-refractivity contribution in [1.29, 1.82) is 0 Å². The second kappa shape index (κ2) is 3.21.